The summed E-state index contributed by atoms with van der Waals surface area (Å²) in [6.45, 7) is 12.0. The maximum atomic E-state index is 12.8. The number of carbonyl (C=O) groups is 2. The molecule has 2 aromatic rings. The van der Waals surface area contributed by atoms with Gasteiger partial charge in [-0.15, -0.1) is 0 Å². The molecule has 148 valence electrons. The van der Waals surface area contributed by atoms with Gasteiger partial charge in [0, 0.05) is 30.9 Å². The summed E-state index contributed by atoms with van der Waals surface area (Å²) in [7, 11) is 5.20. The van der Waals surface area contributed by atoms with E-state index in [4.69, 9.17) is 4.74 Å². The van der Waals surface area contributed by atoms with Gasteiger partial charge >= 0.3 is 0 Å². The summed E-state index contributed by atoms with van der Waals surface area (Å²) in [5.41, 5.74) is 2.38. The fourth-order valence-corrected chi connectivity index (χ4v) is 2.72. The van der Waals surface area contributed by atoms with Crippen molar-refractivity contribution in [2.75, 3.05) is 26.1 Å². The smallest absolute Gasteiger partial charge is 0.198 e. The van der Waals surface area contributed by atoms with Gasteiger partial charge in [0.05, 0.1) is 18.2 Å². The third-order valence-electron chi connectivity index (χ3n) is 3.72. The third kappa shape index (κ3) is 4.76. The molecule has 0 bridgehead atoms. The summed E-state index contributed by atoms with van der Waals surface area (Å²) in [6.07, 6.45) is 0. The lowest BCUT2D eigenvalue weighted by Crippen LogP contribution is -2.25. The molecule has 0 saturated carbocycles. The van der Waals surface area contributed by atoms with E-state index in [9.17, 15) is 9.59 Å². The second-order valence-corrected chi connectivity index (χ2v) is 5.14. The van der Waals surface area contributed by atoms with Crippen molar-refractivity contribution >= 4 is 17.3 Å². The van der Waals surface area contributed by atoms with E-state index in [1.54, 1.807) is 36.4 Å². The van der Waals surface area contributed by atoms with E-state index in [1.165, 1.54) is 7.11 Å². The van der Waals surface area contributed by atoms with Crippen LogP contribution in [0.2, 0.25) is 0 Å². The number of hydrogen-bond acceptors (Lipinski definition) is 4. The molecule has 2 aromatic carbocycles. The van der Waals surface area contributed by atoms with E-state index in [0.717, 1.165) is 5.69 Å². The normalized spacial score (nSPS) is 10.6. The molecule has 1 aliphatic rings. The zero-order valence-electron chi connectivity index (χ0n) is 18.1. The van der Waals surface area contributed by atoms with Crippen molar-refractivity contribution < 1.29 is 14.3 Å². The van der Waals surface area contributed by atoms with E-state index < -0.39 is 0 Å². The first-order valence-electron chi connectivity index (χ1n) is 9.63. The Kier molecular flexibility index (Phi) is 10.7. The lowest BCUT2D eigenvalue weighted by molar-refractivity contribution is 0.0977. The second-order valence-electron chi connectivity index (χ2n) is 5.14. The predicted octanol–water partition coefficient (Wildman–Crippen LogP) is 5.62. The van der Waals surface area contributed by atoms with Crippen LogP contribution in [0.4, 0.5) is 5.69 Å². The highest BCUT2D eigenvalue weighted by Gasteiger charge is 2.34. The number of methoxy groups -OCH3 is 1. The highest BCUT2D eigenvalue weighted by Crippen LogP contribution is 2.38. The quantitative estimate of drug-likeness (QED) is 0.587. The average Bonchev–Trinajstić information content (AvgIpc) is 2.75. The number of nitrogens with zero attached hydrogens (tertiary/aromatic N) is 1. The van der Waals surface area contributed by atoms with Gasteiger partial charge in [-0.25, -0.2) is 0 Å². The number of rotatable bonds is 2. The van der Waals surface area contributed by atoms with Crippen molar-refractivity contribution in [3.05, 3.63) is 58.7 Å². The van der Waals surface area contributed by atoms with Crippen LogP contribution in [0.3, 0.4) is 0 Å². The van der Waals surface area contributed by atoms with Crippen LogP contribution in [-0.2, 0) is 0 Å². The van der Waals surface area contributed by atoms with Crippen LogP contribution in [0, 0.1) is 0 Å². The second kappa shape index (κ2) is 11.9. The molecule has 0 spiro atoms. The predicted molar refractivity (Wildman–Crippen MR) is 115 cm³/mol. The first-order chi connectivity index (χ1) is 13.1. The number of carbonyl (C=O) groups excluding carboxylic acids is 2. The Morgan fingerprint density at radius 2 is 1.15 bits per heavy atom. The molecule has 0 amide bonds. The Balaban J connectivity index is 0.00000103. The fraction of sp³-hybridized carbons (Fsp3) is 0.391. The van der Waals surface area contributed by atoms with Gasteiger partial charge in [-0.3, -0.25) is 9.59 Å². The summed E-state index contributed by atoms with van der Waals surface area (Å²) in [4.78, 5) is 27.4. The van der Waals surface area contributed by atoms with Gasteiger partial charge < -0.3 is 9.64 Å². The molecule has 0 radical (unpaired) electrons. The highest BCUT2D eigenvalue weighted by atomic mass is 16.5. The Labute approximate surface area is 164 Å². The molecule has 0 unspecified atom stereocenters. The van der Waals surface area contributed by atoms with Crippen molar-refractivity contribution in [2.24, 2.45) is 0 Å². The molecule has 4 heteroatoms. The Morgan fingerprint density at radius 3 is 1.56 bits per heavy atom. The molecule has 0 aromatic heterocycles. The van der Waals surface area contributed by atoms with Gasteiger partial charge in [0.1, 0.15) is 5.75 Å². The standard InChI is InChI=1S/C17H15NO3.3C2H6/c1-18(2)12-8-9-13(21-3)15-14(12)16(19)10-6-4-5-7-11(10)17(15)20;3*1-2/h4-9H,1-3H3;3*1-2H3. The number of benzene rings is 2. The van der Waals surface area contributed by atoms with E-state index in [-0.39, 0.29) is 11.6 Å². The Hall–Kier alpha value is -2.62. The van der Waals surface area contributed by atoms with Crippen molar-refractivity contribution in [3.8, 4) is 5.75 Å². The van der Waals surface area contributed by atoms with Crippen LogP contribution in [0.15, 0.2) is 36.4 Å². The summed E-state index contributed by atoms with van der Waals surface area (Å²) in [6, 6.07) is 10.4. The zero-order valence-corrected chi connectivity index (χ0v) is 18.1. The topological polar surface area (TPSA) is 46.6 Å². The van der Waals surface area contributed by atoms with Gasteiger partial charge in [-0.2, -0.15) is 0 Å². The van der Waals surface area contributed by atoms with Gasteiger partial charge in [0.25, 0.3) is 0 Å². The number of anilines is 1. The highest BCUT2D eigenvalue weighted by molar-refractivity contribution is 6.31. The summed E-state index contributed by atoms with van der Waals surface area (Å²) in [5.74, 6) is 0.131. The minimum atomic E-state index is -0.166. The molecule has 0 saturated heterocycles. The lowest BCUT2D eigenvalue weighted by Gasteiger charge is -2.25. The SMILES string of the molecule is CC.CC.CC.COc1ccc(N(C)C)c2c1C(=O)c1ccccc1C2=O. The Morgan fingerprint density at radius 1 is 0.704 bits per heavy atom. The number of fused-ring (bicyclic) bond motifs is 2. The zero-order chi connectivity index (χ0) is 21.1. The molecular formula is C23H33NO3. The molecular weight excluding hydrogens is 338 g/mol. The number of hydrogen-bond donors (Lipinski definition) is 0. The van der Waals surface area contributed by atoms with Crippen molar-refractivity contribution in [2.45, 2.75) is 41.5 Å². The van der Waals surface area contributed by atoms with Crippen molar-refractivity contribution in [3.63, 3.8) is 0 Å². The van der Waals surface area contributed by atoms with Crippen LogP contribution >= 0.6 is 0 Å². The van der Waals surface area contributed by atoms with E-state index in [0.29, 0.717) is 28.0 Å². The van der Waals surface area contributed by atoms with Crippen molar-refractivity contribution in [1.29, 1.82) is 0 Å². The summed E-state index contributed by atoms with van der Waals surface area (Å²) < 4.78 is 5.29. The van der Waals surface area contributed by atoms with Crippen molar-refractivity contribution in [1.82, 2.24) is 0 Å². The molecule has 0 aliphatic heterocycles. The van der Waals surface area contributed by atoms with Crippen LogP contribution in [0.5, 0.6) is 5.75 Å². The van der Waals surface area contributed by atoms with E-state index >= 15 is 0 Å². The summed E-state index contributed by atoms with van der Waals surface area (Å²) >= 11 is 0. The molecule has 1 aliphatic carbocycles. The molecule has 27 heavy (non-hydrogen) atoms. The minimum absolute atomic E-state index is 0.136. The Bertz CT molecular complexity index is 764. The van der Waals surface area contributed by atoms with Gasteiger partial charge in [0.2, 0.25) is 0 Å². The largest absolute Gasteiger partial charge is 0.496 e. The maximum Gasteiger partial charge on any atom is 0.198 e. The van der Waals surface area contributed by atoms with Crippen LogP contribution in [-0.4, -0.2) is 32.8 Å². The average molecular weight is 372 g/mol. The van der Waals surface area contributed by atoms with E-state index in [1.807, 2.05) is 60.5 Å². The molecule has 4 nitrogen and oxygen atoms in total. The first-order valence-corrected chi connectivity index (χ1v) is 9.63. The third-order valence-corrected chi connectivity index (χ3v) is 3.72. The van der Waals surface area contributed by atoms with Crippen LogP contribution in [0.25, 0.3) is 0 Å². The minimum Gasteiger partial charge on any atom is -0.496 e. The molecule has 3 rings (SSSR count). The first kappa shape index (κ1) is 24.4. The van der Waals surface area contributed by atoms with Crippen LogP contribution in [0.1, 0.15) is 73.4 Å². The van der Waals surface area contributed by atoms with E-state index in [2.05, 4.69) is 0 Å². The summed E-state index contributed by atoms with van der Waals surface area (Å²) in [5, 5.41) is 0. The molecule has 0 fully saturated rings. The molecule has 0 heterocycles. The number of ether oxygens (including phenoxy) is 1. The molecule has 0 atom stereocenters. The number of ketones is 2. The maximum absolute atomic E-state index is 12.8. The van der Waals surface area contributed by atoms with Crippen LogP contribution < -0.4 is 9.64 Å². The van der Waals surface area contributed by atoms with Gasteiger partial charge in [-0.05, 0) is 12.1 Å². The fourth-order valence-electron chi connectivity index (χ4n) is 2.72. The van der Waals surface area contributed by atoms with Gasteiger partial charge in [0.15, 0.2) is 11.6 Å². The monoisotopic (exact) mass is 371 g/mol. The lowest BCUT2D eigenvalue weighted by atomic mass is 9.82. The van der Waals surface area contributed by atoms with Gasteiger partial charge in [-0.1, -0.05) is 65.8 Å². The molecule has 0 N–H and O–H groups in total.